The highest BCUT2D eigenvalue weighted by Crippen LogP contribution is 2.45. The van der Waals surface area contributed by atoms with Crippen molar-refractivity contribution < 1.29 is 24.7 Å². The minimum absolute atomic E-state index is 0.119. The van der Waals surface area contributed by atoms with Crippen molar-refractivity contribution in [3.8, 4) is 0 Å². The maximum atomic E-state index is 13.0. The molecule has 0 saturated carbocycles. The predicted octanol–water partition coefficient (Wildman–Crippen LogP) is -0.105. The molecule has 192 valence electrons. The lowest BCUT2D eigenvalue weighted by Gasteiger charge is -2.49. The molecule has 0 aromatic carbocycles. The highest BCUT2D eigenvalue weighted by atomic mass is 32.2. The number of pyridine rings is 1. The zero-order valence-corrected chi connectivity index (χ0v) is 21.1. The molecule has 13 nitrogen and oxygen atoms in total. The number of carbonyl (C=O) groups excluding carboxylic acids is 2. The molecule has 0 radical (unpaired) electrons. The number of anilines is 1. The lowest BCUT2D eigenvalue weighted by Crippen LogP contribution is -2.71. The average molecular weight is 553 g/mol. The fraction of sp³-hybridized carbons (Fsp3) is 0.300. The molecule has 0 bridgehead atoms. The van der Waals surface area contributed by atoms with Gasteiger partial charge in [-0.2, -0.15) is 5.48 Å². The molecule has 3 atom stereocenters. The number of thioether (sulfide) groups is 2. The Bertz CT molecular complexity index is 1150. The number of hydrogen-bond acceptors (Lipinski definition) is 13. The first kappa shape index (κ1) is 26.2. The summed E-state index contributed by atoms with van der Waals surface area (Å²) in [5.74, 6) is -1.31. The molecular weight excluding hydrogens is 528 g/mol. The Morgan fingerprint density at radius 1 is 1.39 bits per heavy atom. The van der Waals surface area contributed by atoms with Crippen LogP contribution in [0.1, 0.15) is 11.7 Å². The summed E-state index contributed by atoms with van der Waals surface area (Å²) < 4.78 is 1.77. The molecule has 3 aliphatic heterocycles. The van der Waals surface area contributed by atoms with E-state index in [-0.39, 0.29) is 17.2 Å². The van der Waals surface area contributed by atoms with Gasteiger partial charge in [-0.25, -0.2) is 14.2 Å². The summed E-state index contributed by atoms with van der Waals surface area (Å²) in [5.41, 5.74) is 16.3. The molecule has 1 aromatic rings. The Morgan fingerprint density at radius 2 is 2.19 bits per heavy atom. The van der Waals surface area contributed by atoms with Gasteiger partial charge in [0.2, 0.25) is 5.91 Å². The van der Waals surface area contributed by atoms with Gasteiger partial charge >= 0.3 is 5.97 Å². The number of nitrogens with zero attached hydrogens (tertiary/aromatic N) is 3. The summed E-state index contributed by atoms with van der Waals surface area (Å²) in [6.45, 7) is 0.509. The molecule has 3 aliphatic rings. The number of β-lactam (4-membered cyclic amide) rings is 1. The molecule has 16 heteroatoms. The van der Waals surface area contributed by atoms with Crippen molar-refractivity contribution in [1.82, 2.24) is 30.5 Å². The van der Waals surface area contributed by atoms with E-state index < -0.39 is 35.2 Å². The van der Waals surface area contributed by atoms with Crippen LogP contribution in [-0.2, 0) is 14.4 Å². The van der Waals surface area contributed by atoms with Crippen LogP contribution < -0.4 is 27.7 Å². The maximum Gasteiger partial charge on any atom is 0.353 e. The van der Waals surface area contributed by atoms with E-state index in [4.69, 9.17) is 11.5 Å². The van der Waals surface area contributed by atoms with Gasteiger partial charge in [0.25, 0.3) is 5.91 Å². The summed E-state index contributed by atoms with van der Waals surface area (Å²) in [7, 11) is 0. The van der Waals surface area contributed by atoms with Crippen LogP contribution in [0.2, 0.25) is 0 Å². The summed E-state index contributed by atoms with van der Waals surface area (Å²) in [5, 5.41) is 22.1. The summed E-state index contributed by atoms with van der Waals surface area (Å²) >= 11 is 4.04. The standard InChI is InChI=1S/C20H24N8O5S3/c21-6-8-35-27-7-2-5-13(25-27)36-11-9-34-19-15(18(30)28(19)16(11)20(31)32)24-17(29)14(26-33)10-3-1-4-12(22)23-10/h1-5,7,14-15,19,25-26,33H,6,8-9,21H2,(H2,22,23)(H,24,29)(H,31,32)/t14?,15-,19+/m1/s1. The molecule has 0 aliphatic carbocycles. The SMILES string of the molecule is NCCSN1C=CC=C(SC2=C(C(=O)O)N3C(=O)[C@@H](NC(=O)C(NO)c4cccc(N)n4)[C@@H]3SC2)N1. The molecule has 4 heterocycles. The summed E-state index contributed by atoms with van der Waals surface area (Å²) in [4.78, 5) is 43.6. The number of aliphatic carboxylic acids is 1. The monoisotopic (exact) mass is 552 g/mol. The van der Waals surface area contributed by atoms with Crippen molar-refractivity contribution in [3.63, 3.8) is 0 Å². The first-order valence-electron chi connectivity index (χ1n) is 10.6. The Labute approximate surface area is 218 Å². The molecule has 2 amide bonds. The number of hydrogen-bond donors (Lipinski definition) is 7. The topological polar surface area (TPSA) is 199 Å². The Hall–Kier alpha value is -2.89. The largest absolute Gasteiger partial charge is 0.477 e. The number of nitrogens with two attached hydrogens (primary N) is 2. The minimum Gasteiger partial charge on any atom is -0.477 e. The van der Waals surface area contributed by atoms with Gasteiger partial charge < -0.3 is 27.1 Å². The fourth-order valence-corrected chi connectivity index (χ4v) is 6.75. The fourth-order valence-electron chi connectivity index (χ4n) is 3.60. The number of hydrazine groups is 1. The number of hydroxylamine groups is 1. The lowest BCUT2D eigenvalue weighted by molar-refractivity contribution is -0.151. The Morgan fingerprint density at radius 3 is 2.89 bits per heavy atom. The number of carbonyl (C=O) groups is 3. The molecule has 1 aromatic heterocycles. The number of nitrogens with one attached hydrogen (secondary N) is 3. The van der Waals surface area contributed by atoms with E-state index in [9.17, 15) is 24.7 Å². The summed E-state index contributed by atoms with van der Waals surface area (Å²) in [6, 6.07) is 2.39. The van der Waals surface area contributed by atoms with Crippen molar-refractivity contribution in [2.45, 2.75) is 17.5 Å². The van der Waals surface area contributed by atoms with Crippen molar-refractivity contribution in [2.75, 3.05) is 23.8 Å². The van der Waals surface area contributed by atoms with E-state index in [1.807, 2.05) is 17.8 Å². The number of allylic oxidation sites excluding steroid dienone is 2. The van der Waals surface area contributed by atoms with E-state index in [2.05, 4.69) is 15.7 Å². The second-order valence-electron chi connectivity index (χ2n) is 7.56. The van der Waals surface area contributed by atoms with E-state index in [0.717, 1.165) is 0 Å². The normalized spacial score (nSPS) is 21.8. The molecule has 1 saturated heterocycles. The molecule has 0 spiro atoms. The van der Waals surface area contributed by atoms with Crippen LogP contribution in [-0.4, -0.2) is 71.9 Å². The number of amides is 2. The highest BCUT2D eigenvalue weighted by molar-refractivity contribution is 8.09. The van der Waals surface area contributed by atoms with Crippen molar-refractivity contribution in [1.29, 1.82) is 0 Å². The van der Waals surface area contributed by atoms with E-state index in [1.54, 1.807) is 16.6 Å². The average Bonchev–Trinajstić information content (AvgIpc) is 2.86. The van der Waals surface area contributed by atoms with Gasteiger partial charge in [0.05, 0.1) is 10.7 Å². The number of carboxylic acid groups (broad SMARTS) is 1. The quantitative estimate of drug-likeness (QED) is 0.115. The second kappa shape index (κ2) is 11.4. The Kier molecular flexibility index (Phi) is 8.32. The van der Waals surface area contributed by atoms with Crippen LogP contribution in [0, 0.1) is 0 Å². The molecule has 4 rings (SSSR count). The third-order valence-electron chi connectivity index (χ3n) is 5.18. The van der Waals surface area contributed by atoms with Gasteiger partial charge in [0, 0.05) is 29.2 Å². The second-order valence-corrected chi connectivity index (χ2v) is 10.9. The predicted molar refractivity (Wildman–Crippen MR) is 137 cm³/mol. The highest BCUT2D eigenvalue weighted by Gasteiger charge is 2.54. The van der Waals surface area contributed by atoms with Crippen molar-refractivity contribution in [2.24, 2.45) is 5.73 Å². The van der Waals surface area contributed by atoms with E-state index in [1.165, 1.54) is 52.5 Å². The smallest absolute Gasteiger partial charge is 0.353 e. The van der Waals surface area contributed by atoms with Gasteiger partial charge in [0.1, 0.15) is 22.9 Å². The zero-order valence-electron chi connectivity index (χ0n) is 18.7. The number of carboxylic acids is 1. The molecule has 1 unspecified atom stereocenters. The third-order valence-corrected chi connectivity index (χ3v) is 8.59. The number of fused-ring (bicyclic) bond motifs is 1. The lowest BCUT2D eigenvalue weighted by atomic mass is 10.0. The first-order valence-corrected chi connectivity index (χ1v) is 13.4. The van der Waals surface area contributed by atoms with Crippen molar-refractivity contribution in [3.05, 3.63) is 57.9 Å². The van der Waals surface area contributed by atoms with Gasteiger partial charge in [-0.15, -0.1) is 11.8 Å². The van der Waals surface area contributed by atoms with E-state index in [0.29, 0.717) is 28.0 Å². The number of nitrogen functional groups attached to an aromatic ring is 1. The number of aromatic nitrogens is 1. The Balaban J connectivity index is 1.46. The molecular formula is C20H24N8O5S3. The van der Waals surface area contributed by atoms with Crippen LogP contribution in [0.5, 0.6) is 0 Å². The first-order chi connectivity index (χ1) is 17.3. The molecule has 9 N–H and O–H groups in total. The molecule has 36 heavy (non-hydrogen) atoms. The van der Waals surface area contributed by atoms with E-state index >= 15 is 0 Å². The number of rotatable bonds is 10. The van der Waals surface area contributed by atoms with Crippen LogP contribution in [0.3, 0.4) is 0 Å². The van der Waals surface area contributed by atoms with Crippen molar-refractivity contribution >= 4 is 59.1 Å². The van der Waals surface area contributed by atoms with Crippen LogP contribution in [0.15, 0.2) is 52.2 Å². The van der Waals surface area contributed by atoms with Gasteiger partial charge in [-0.3, -0.25) is 19.9 Å². The van der Waals surface area contributed by atoms with Gasteiger partial charge in [-0.05, 0) is 36.2 Å². The third kappa shape index (κ3) is 5.42. The maximum absolute atomic E-state index is 13.0. The van der Waals surface area contributed by atoms with Crippen LogP contribution in [0.25, 0.3) is 0 Å². The molecule has 1 fully saturated rings. The summed E-state index contributed by atoms with van der Waals surface area (Å²) in [6.07, 6.45) is 5.45. The zero-order chi connectivity index (χ0) is 25.8. The van der Waals surface area contributed by atoms with Crippen LogP contribution in [0.4, 0.5) is 5.82 Å². The van der Waals surface area contributed by atoms with Gasteiger partial charge in [-0.1, -0.05) is 17.8 Å². The van der Waals surface area contributed by atoms with Gasteiger partial charge in [0.15, 0.2) is 6.04 Å². The van der Waals surface area contributed by atoms with Crippen LogP contribution >= 0.6 is 35.5 Å². The minimum atomic E-state index is -1.26.